The van der Waals surface area contributed by atoms with Gasteiger partial charge in [0.05, 0.1) is 29.6 Å². The molecule has 0 saturated carbocycles. The number of fused-ring (bicyclic) bond motifs is 1. The van der Waals surface area contributed by atoms with Gasteiger partial charge < -0.3 is 14.9 Å². The second-order valence-electron chi connectivity index (χ2n) is 6.42. The van der Waals surface area contributed by atoms with Crippen LogP contribution in [-0.4, -0.2) is 21.1 Å². The van der Waals surface area contributed by atoms with E-state index in [1.54, 1.807) is 6.33 Å². The molecule has 0 bridgehead atoms. The van der Waals surface area contributed by atoms with Gasteiger partial charge >= 0.3 is 0 Å². The van der Waals surface area contributed by atoms with Gasteiger partial charge in [-0.1, -0.05) is 72.9 Å². The number of hydrogen-bond acceptors (Lipinski definition) is 3. The van der Waals surface area contributed by atoms with Gasteiger partial charge in [0.15, 0.2) is 4.64 Å². The van der Waals surface area contributed by atoms with Crippen molar-refractivity contribution >= 4 is 28.9 Å². The number of aromatic amines is 1. The molecule has 2 aromatic heterocycles. The van der Waals surface area contributed by atoms with Gasteiger partial charge in [-0.15, -0.1) is 0 Å². The van der Waals surface area contributed by atoms with Crippen molar-refractivity contribution in [3.8, 4) is 11.3 Å². The van der Waals surface area contributed by atoms with Crippen LogP contribution in [0.5, 0.6) is 0 Å². The summed E-state index contributed by atoms with van der Waals surface area (Å²) in [5, 5.41) is 3.48. The van der Waals surface area contributed by atoms with E-state index in [1.807, 2.05) is 48.5 Å². The molecule has 28 heavy (non-hydrogen) atoms. The minimum absolute atomic E-state index is 0.504. The lowest BCUT2D eigenvalue weighted by molar-refractivity contribution is 0.612. The number of aromatic nitrogens is 3. The smallest absolute Gasteiger partial charge is 0.235 e. The molecule has 4 aromatic rings. The van der Waals surface area contributed by atoms with Crippen molar-refractivity contribution in [2.45, 2.75) is 13.1 Å². The van der Waals surface area contributed by atoms with Crippen LogP contribution in [0.15, 0.2) is 67.0 Å². The Kier molecular flexibility index (Phi) is 5.29. The molecular weight excluding hydrogens is 366 g/mol. The maximum Gasteiger partial charge on any atom is 0.235 e. The molecule has 5 nitrogen and oxygen atoms in total. The van der Waals surface area contributed by atoms with Gasteiger partial charge in [-0.3, -0.25) is 0 Å². The summed E-state index contributed by atoms with van der Waals surface area (Å²) in [7, 11) is 0. The van der Waals surface area contributed by atoms with Gasteiger partial charge in [0, 0.05) is 19.6 Å². The molecule has 4 rings (SSSR count). The quantitative estimate of drug-likeness (QED) is 0.276. The van der Waals surface area contributed by atoms with Gasteiger partial charge in [-0.05, 0) is 11.1 Å². The molecule has 2 N–H and O–H groups in total. The Labute approximate surface area is 168 Å². The molecule has 2 aromatic carbocycles. The van der Waals surface area contributed by atoms with E-state index in [1.165, 1.54) is 5.56 Å². The normalized spacial score (nSPS) is 10.8. The fourth-order valence-corrected chi connectivity index (χ4v) is 3.69. The SMILES string of the molecule is [C-]#[N+]c1c(-c2ccccc2)n(CCNCc2ccccc2)c2c(=S)nc[nH]c12. The van der Waals surface area contributed by atoms with Gasteiger partial charge in [-0.25, -0.2) is 9.83 Å². The molecule has 0 saturated heterocycles. The third kappa shape index (κ3) is 3.46. The maximum atomic E-state index is 7.75. The van der Waals surface area contributed by atoms with Crippen LogP contribution in [0.25, 0.3) is 27.1 Å². The highest BCUT2D eigenvalue weighted by molar-refractivity contribution is 7.71. The predicted molar refractivity (Wildman–Crippen MR) is 115 cm³/mol. The number of H-pyrrole nitrogens is 1. The minimum Gasteiger partial charge on any atom is -0.354 e. The Morgan fingerprint density at radius 2 is 1.79 bits per heavy atom. The first-order valence-electron chi connectivity index (χ1n) is 9.07. The third-order valence-electron chi connectivity index (χ3n) is 4.67. The molecule has 0 aliphatic heterocycles. The van der Waals surface area contributed by atoms with Gasteiger partial charge in [0.2, 0.25) is 5.69 Å². The van der Waals surface area contributed by atoms with Crippen LogP contribution < -0.4 is 5.32 Å². The highest BCUT2D eigenvalue weighted by Gasteiger charge is 2.20. The monoisotopic (exact) mass is 385 g/mol. The van der Waals surface area contributed by atoms with Crippen molar-refractivity contribution in [2.75, 3.05) is 6.54 Å². The topological polar surface area (TPSA) is 50.0 Å². The summed E-state index contributed by atoms with van der Waals surface area (Å²) < 4.78 is 2.62. The number of benzene rings is 2. The van der Waals surface area contributed by atoms with Crippen LogP contribution in [0.1, 0.15) is 5.56 Å². The van der Waals surface area contributed by atoms with Crippen LogP contribution in [0.3, 0.4) is 0 Å². The van der Waals surface area contributed by atoms with Crippen LogP contribution in [0.2, 0.25) is 0 Å². The van der Waals surface area contributed by atoms with Crippen molar-refractivity contribution in [1.82, 2.24) is 19.9 Å². The van der Waals surface area contributed by atoms with E-state index in [4.69, 9.17) is 18.8 Å². The zero-order valence-corrected chi connectivity index (χ0v) is 16.0. The summed E-state index contributed by atoms with van der Waals surface area (Å²) in [6.07, 6.45) is 1.56. The van der Waals surface area contributed by atoms with Crippen LogP contribution in [0, 0.1) is 11.2 Å². The summed E-state index contributed by atoms with van der Waals surface area (Å²) >= 11 is 5.49. The predicted octanol–water partition coefficient (Wildman–Crippen LogP) is 5.10. The fraction of sp³-hybridized carbons (Fsp3) is 0.136. The van der Waals surface area contributed by atoms with Gasteiger partial charge in [0.25, 0.3) is 0 Å². The average Bonchev–Trinajstić information content (AvgIpc) is 3.07. The summed E-state index contributed by atoms with van der Waals surface area (Å²) in [5.41, 5.74) is 5.25. The lowest BCUT2D eigenvalue weighted by atomic mass is 10.1. The Hall–Kier alpha value is -3.27. The average molecular weight is 385 g/mol. The molecule has 138 valence electrons. The summed E-state index contributed by atoms with van der Waals surface area (Å²) in [5.74, 6) is 0. The maximum absolute atomic E-state index is 7.75. The highest BCUT2D eigenvalue weighted by Crippen LogP contribution is 2.39. The molecule has 0 atom stereocenters. The first-order chi connectivity index (χ1) is 13.8. The van der Waals surface area contributed by atoms with E-state index >= 15 is 0 Å². The standard InChI is InChI=1S/C22H19N5S/c1-23-18-19-21(22(28)26-15-25-19)27(20(18)17-10-6-3-7-11-17)13-12-24-14-16-8-4-2-5-9-16/h2-11,15,24H,12-14H2,(H,25,26,28). The van der Waals surface area contributed by atoms with Crippen molar-refractivity contribution in [3.05, 3.63) is 88.6 Å². The van der Waals surface area contributed by atoms with E-state index < -0.39 is 0 Å². The number of nitrogens with one attached hydrogen (secondary N) is 2. The summed E-state index contributed by atoms with van der Waals surface area (Å²) in [6.45, 7) is 9.98. The zero-order chi connectivity index (χ0) is 19.3. The lowest BCUT2D eigenvalue weighted by Crippen LogP contribution is -2.20. The molecule has 0 aliphatic rings. The molecule has 0 fully saturated rings. The molecule has 0 amide bonds. The first-order valence-corrected chi connectivity index (χ1v) is 9.48. The van der Waals surface area contributed by atoms with Crippen LogP contribution in [0.4, 0.5) is 5.69 Å². The summed E-state index contributed by atoms with van der Waals surface area (Å²) in [6, 6.07) is 20.3. The highest BCUT2D eigenvalue weighted by atomic mass is 32.1. The molecule has 6 heteroatoms. The van der Waals surface area contributed by atoms with Crippen molar-refractivity contribution in [1.29, 1.82) is 0 Å². The van der Waals surface area contributed by atoms with Gasteiger partial charge in [-0.2, -0.15) is 0 Å². The van der Waals surface area contributed by atoms with Gasteiger partial charge in [0.1, 0.15) is 0 Å². The Balaban J connectivity index is 1.72. The Morgan fingerprint density at radius 3 is 2.50 bits per heavy atom. The van der Waals surface area contributed by atoms with E-state index in [9.17, 15) is 0 Å². The Morgan fingerprint density at radius 1 is 1.07 bits per heavy atom. The summed E-state index contributed by atoms with van der Waals surface area (Å²) in [4.78, 5) is 11.2. The lowest BCUT2D eigenvalue weighted by Gasteiger charge is -2.12. The minimum atomic E-state index is 0.504. The van der Waals surface area contributed by atoms with Crippen molar-refractivity contribution in [2.24, 2.45) is 0 Å². The number of hydrogen-bond donors (Lipinski definition) is 2. The van der Waals surface area contributed by atoms with Crippen LogP contribution in [-0.2, 0) is 13.1 Å². The molecule has 0 unspecified atom stereocenters. The molecule has 0 spiro atoms. The van der Waals surface area contributed by atoms with E-state index in [-0.39, 0.29) is 0 Å². The number of rotatable bonds is 6. The second-order valence-corrected chi connectivity index (χ2v) is 6.81. The van der Waals surface area contributed by atoms with Crippen LogP contribution >= 0.6 is 12.2 Å². The molecular formula is C22H19N5S. The van der Waals surface area contributed by atoms with Crippen molar-refractivity contribution in [3.63, 3.8) is 0 Å². The first kappa shape index (κ1) is 18.1. The zero-order valence-electron chi connectivity index (χ0n) is 15.2. The largest absolute Gasteiger partial charge is 0.354 e. The van der Waals surface area contributed by atoms with E-state index in [0.29, 0.717) is 16.9 Å². The van der Waals surface area contributed by atoms with E-state index in [0.717, 1.165) is 35.4 Å². The van der Waals surface area contributed by atoms with Crippen molar-refractivity contribution < 1.29 is 0 Å². The van der Waals surface area contributed by atoms with E-state index in [2.05, 4.69) is 36.8 Å². The third-order valence-corrected chi connectivity index (χ3v) is 4.97. The second kappa shape index (κ2) is 8.17. The molecule has 0 aliphatic carbocycles. The Bertz CT molecular complexity index is 1190. The fourth-order valence-electron chi connectivity index (χ4n) is 3.42. The molecule has 2 heterocycles. The number of nitrogens with zero attached hydrogens (tertiary/aromatic N) is 3. The molecule has 0 radical (unpaired) electrons.